The maximum atomic E-state index is 12.5. The largest absolute Gasteiger partial charge is 0.392 e. The van der Waals surface area contributed by atoms with Gasteiger partial charge in [0.25, 0.3) is 0 Å². The van der Waals surface area contributed by atoms with E-state index < -0.39 is 11.5 Å². The lowest BCUT2D eigenvalue weighted by molar-refractivity contribution is -0.144. The van der Waals surface area contributed by atoms with Crippen molar-refractivity contribution in [1.82, 2.24) is 4.90 Å². The van der Waals surface area contributed by atoms with Crippen LogP contribution in [0.2, 0.25) is 0 Å². The van der Waals surface area contributed by atoms with Crippen LogP contribution in [0.25, 0.3) is 0 Å². The van der Waals surface area contributed by atoms with Crippen molar-refractivity contribution in [3.8, 4) is 0 Å². The molecule has 0 saturated carbocycles. The lowest BCUT2D eigenvalue weighted by atomic mass is 9.77. The molecule has 0 aromatic rings. The summed E-state index contributed by atoms with van der Waals surface area (Å²) >= 11 is 5.01. The molecule has 2 N–H and O–H groups in total. The maximum Gasteiger partial charge on any atom is 0.236 e. The van der Waals surface area contributed by atoms with Crippen LogP contribution >= 0.6 is 12.2 Å². The van der Waals surface area contributed by atoms with Crippen LogP contribution in [0.15, 0.2) is 0 Å². The lowest BCUT2D eigenvalue weighted by Crippen LogP contribution is -2.51. The highest BCUT2D eigenvalue weighted by molar-refractivity contribution is 7.80. The Balaban J connectivity index is 3.15. The summed E-state index contributed by atoms with van der Waals surface area (Å²) in [5.41, 5.74) is 5.06. The van der Waals surface area contributed by atoms with E-state index in [1.54, 1.807) is 0 Å². The van der Waals surface area contributed by atoms with E-state index >= 15 is 0 Å². The number of hydrogen-bond donors (Lipinski definition) is 1. The Morgan fingerprint density at radius 3 is 2.11 bits per heavy atom. The third kappa shape index (κ3) is 2.28. The van der Waals surface area contributed by atoms with Crippen LogP contribution in [0.4, 0.5) is 0 Å². The highest BCUT2D eigenvalue weighted by atomic mass is 32.1. The van der Waals surface area contributed by atoms with E-state index in [1.165, 1.54) is 4.90 Å². The minimum atomic E-state index is -0.630. The summed E-state index contributed by atoms with van der Waals surface area (Å²) in [4.78, 5) is 26.2. The molecule has 0 bridgehead atoms. The van der Waals surface area contributed by atoms with E-state index in [0.29, 0.717) is 0 Å². The van der Waals surface area contributed by atoms with Crippen LogP contribution in [-0.4, -0.2) is 27.7 Å². The first-order valence-corrected chi connectivity index (χ1v) is 6.69. The van der Waals surface area contributed by atoms with Gasteiger partial charge in [0.05, 0.1) is 16.4 Å². The fourth-order valence-electron chi connectivity index (χ4n) is 2.35. The Morgan fingerprint density at radius 2 is 1.83 bits per heavy atom. The summed E-state index contributed by atoms with van der Waals surface area (Å²) in [6.07, 6.45) is 0.245. The second kappa shape index (κ2) is 4.96. The average Bonchev–Trinajstić information content (AvgIpc) is 2.42. The van der Waals surface area contributed by atoms with Crippen molar-refractivity contribution >= 4 is 29.0 Å². The van der Waals surface area contributed by atoms with Crippen molar-refractivity contribution in [2.45, 2.75) is 47.1 Å². The van der Waals surface area contributed by atoms with Gasteiger partial charge in [-0.15, -0.1) is 0 Å². The summed E-state index contributed by atoms with van der Waals surface area (Å²) in [5.74, 6) is -0.167. The van der Waals surface area contributed by atoms with Gasteiger partial charge in [-0.2, -0.15) is 0 Å². The van der Waals surface area contributed by atoms with Gasteiger partial charge in [0, 0.05) is 6.42 Å². The molecule has 1 heterocycles. The number of carbonyl (C=O) groups is 2. The molecule has 0 aliphatic carbocycles. The molecule has 1 rings (SSSR count). The number of rotatable bonds is 4. The number of amides is 2. The Hall–Kier alpha value is -0.970. The molecule has 0 aromatic carbocycles. The zero-order valence-electron chi connectivity index (χ0n) is 11.7. The number of nitrogens with zero attached hydrogens (tertiary/aromatic N) is 1. The fourth-order valence-corrected chi connectivity index (χ4v) is 2.73. The van der Waals surface area contributed by atoms with Crippen molar-refractivity contribution in [3.63, 3.8) is 0 Å². The fraction of sp³-hybridized carbons (Fsp3) is 0.769. The summed E-state index contributed by atoms with van der Waals surface area (Å²) < 4.78 is 0. The molecule has 18 heavy (non-hydrogen) atoms. The number of carbonyl (C=O) groups excluding carboxylic acids is 2. The third-order valence-corrected chi connectivity index (χ3v) is 4.21. The van der Waals surface area contributed by atoms with Crippen LogP contribution in [0.5, 0.6) is 0 Å². The van der Waals surface area contributed by atoms with Crippen molar-refractivity contribution in [3.05, 3.63) is 0 Å². The average molecular weight is 270 g/mol. The minimum Gasteiger partial charge on any atom is -0.392 e. The van der Waals surface area contributed by atoms with Gasteiger partial charge in [0.15, 0.2) is 0 Å². The SMILES string of the molecule is CC(C)C(C(N)=S)N1C(=O)CC(C)(C(C)C)C1=O. The molecule has 0 aromatic heterocycles. The standard InChI is InChI=1S/C13H22N2O2S/c1-7(2)10(11(14)18)15-9(16)6-13(5,8(3)4)12(15)17/h7-8,10H,6H2,1-5H3,(H2,14,18). The van der Waals surface area contributed by atoms with Gasteiger partial charge in [-0.05, 0) is 18.8 Å². The topological polar surface area (TPSA) is 63.4 Å². The Labute approximate surface area is 114 Å². The second-order valence-corrected chi connectivity index (χ2v) is 6.38. The van der Waals surface area contributed by atoms with Crippen molar-refractivity contribution < 1.29 is 9.59 Å². The van der Waals surface area contributed by atoms with E-state index in [0.717, 1.165) is 0 Å². The molecule has 5 heteroatoms. The second-order valence-electron chi connectivity index (χ2n) is 5.91. The van der Waals surface area contributed by atoms with Crippen molar-refractivity contribution in [1.29, 1.82) is 0 Å². The Bertz CT molecular complexity index is 392. The van der Waals surface area contributed by atoms with Crippen molar-refractivity contribution in [2.24, 2.45) is 23.0 Å². The van der Waals surface area contributed by atoms with Gasteiger partial charge in [0.1, 0.15) is 0 Å². The molecular formula is C13H22N2O2S. The third-order valence-electron chi connectivity index (χ3n) is 3.97. The van der Waals surface area contributed by atoms with Crippen LogP contribution in [0, 0.1) is 17.3 Å². The zero-order chi connectivity index (χ0) is 14.2. The van der Waals surface area contributed by atoms with Gasteiger partial charge in [0.2, 0.25) is 11.8 Å². The molecule has 0 radical (unpaired) electrons. The van der Waals surface area contributed by atoms with Gasteiger partial charge in [-0.3, -0.25) is 14.5 Å². The summed E-state index contributed by atoms with van der Waals surface area (Å²) in [7, 11) is 0. The summed E-state index contributed by atoms with van der Waals surface area (Å²) in [6.45, 7) is 9.58. The van der Waals surface area contributed by atoms with Crippen LogP contribution in [0.3, 0.4) is 0 Å². The first kappa shape index (κ1) is 15.1. The van der Waals surface area contributed by atoms with Crippen LogP contribution < -0.4 is 5.73 Å². The molecule has 2 atom stereocenters. The minimum absolute atomic E-state index is 0.0323. The molecule has 1 aliphatic heterocycles. The molecule has 4 nitrogen and oxygen atoms in total. The predicted molar refractivity (Wildman–Crippen MR) is 74.8 cm³/mol. The summed E-state index contributed by atoms with van der Waals surface area (Å²) in [6, 6.07) is -0.472. The zero-order valence-corrected chi connectivity index (χ0v) is 12.5. The monoisotopic (exact) mass is 270 g/mol. The molecule has 1 aliphatic rings. The number of thiocarbonyl (C=S) groups is 1. The highest BCUT2D eigenvalue weighted by Gasteiger charge is 2.52. The van der Waals surface area contributed by atoms with E-state index in [1.807, 2.05) is 34.6 Å². The Kier molecular flexibility index (Phi) is 4.15. The first-order chi connectivity index (χ1) is 8.12. The van der Waals surface area contributed by atoms with Gasteiger partial charge in [-0.25, -0.2) is 0 Å². The molecule has 102 valence electrons. The van der Waals surface area contributed by atoms with E-state index in [9.17, 15) is 9.59 Å². The quantitative estimate of drug-likeness (QED) is 0.624. The predicted octanol–water partition coefficient (Wildman–Crippen LogP) is 1.72. The molecule has 1 saturated heterocycles. The number of imide groups is 1. The first-order valence-electron chi connectivity index (χ1n) is 6.28. The van der Waals surface area contributed by atoms with Gasteiger partial charge >= 0.3 is 0 Å². The molecule has 1 fully saturated rings. The van der Waals surface area contributed by atoms with Gasteiger partial charge in [-0.1, -0.05) is 39.9 Å². The number of nitrogens with two attached hydrogens (primary N) is 1. The molecular weight excluding hydrogens is 248 g/mol. The molecule has 2 amide bonds. The highest BCUT2D eigenvalue weighted by Crippen LogP contribution is 2.40. The van der Waals surface area contributed by atoms with Crippen molar-refractivity contribution in [2.75, 3.05) is 0 Å². The van der Waals surface area contributed by atoms with E-state index in [-0.39, 0.29) is 35.1 Å². The molecule has 0 spiro atoms. The van der Waals surface area contributed by atoms with E-state index in [4.69, 9.17) is 18.0 Å². The number of hydrogen-bond acceptors (Lipinski definition) is 3. The maximum absolute atomic E-state index is 12.5. The van der Waals surface area contributed by atoms with E-state index in [2.05, 4.69) is 0 Å². The number of likely N-dealkylation sites (tertiary alicyclic amines) is 1. The van der Waals surface area contributed by atoms with Crippen LogP contribution in [-0.2, 0) is 9.59 Å². The van der Waals surface area contributed by atoms with Gasteiger partial charge < -0.3 is 5.73 Å². The normalized spacial score (nSPS) is 26.3. The Morgan fingerprint density at radius 1 is 1.33 bits per heavy atom. The summed E-state index contributed by atoms with van der Waals surface area (Å²) in [5, 5.41) is 0. The molecule has 2 unspecified atom stereocenters. The van der Waals surface area contributed by atoms with Crippen LogP contribution in [0.1, 0.15) is 41.0 Å². The lowest BCUT2D eigenvalue weighted by Gasteiger charge is -2.31. The smallest absolute Gasteiger partial charge is 0.236 e.